The van der Waals surface area contributed by atoms with Crippen molar-refractivity contribution in [3.63, 3.8) is 0 Å². The Morgan fingerprint density at radius 2 is 1.58 bits per heavy atom. The lowest BCUT2D eigenvalue weighted by Crippen LogP contribution is -2.41. The van der Waals surface area contributed by atoms with Crippen molar-refractivity contribution in [1.82, 2.24) is 10.9 Å². The molecule has 0 heterocycles. The van der Waals surface area contributed by atoms with Gasteiger partial charge in [0.05, 0.1) is 5.56 Å². The summed E-state index contributed by atoms with van der Waals surface area (Å²) in [6.45, 7) is 2.03. The number of carbonyl (C=O) groups excluding carboxylic acids is 3. The van der Waals surface area contributed by atoms with Crippen molar-refractivity contribution in [3.05, 3.63) is 59.7 Å². The van der Waals surface area contributed by atoms with Crippen molar-refractivity contribution < 1.29 is 19.5 Å². The van der Waals surface area contributed by atoms with E-state index in [1.807, 2.05) is 6.92 Å². The molecule has 134 valence electrons. The molecule has 0 radical (unpaired) electrons. The molecule has 4 N–H and O–H groups in total. The largest absolute Gasteiger partial charge is 0.507 e. The van der Waals surface area contributed by atoms with E-state index in [-0.39, 0.29) is 23.1 Å². The number of para-hydroxylation sites is 1. The zero-order valence-electron chi connectivity index (χ0n) is 14.2. The molecule has 26 heavy (non-hydrogen) atoms. The molecular weight excluding hydrogens is 334 g/mol. The molecule has 7 nitrogen and oxygen atoms in total. The molecule has 3 amide bonds. The molecule has 0 bridgehead atoms. The van der Waals surface area contributed by atoms with Gasteiger partial charge in [-0.25, -0.2) is 0 Å². The number of benzene rings is 2. The number of hydrogen-bond donors (Lipinski definition) is 4. The minimum atomic E-state index is -0.626. The van der Waals surface area contributed by atoms with Crippen LogP contribution >= 0.6 is 0 Å². The topological polar surface area (TPSA) is 108 Å². The lowest BCUT2D eigenvalue weighted by Gasteiger charge is -2.09. The van der Waals surface area contributed by atoms with E-state index in [1.165, 1.54) is 12.1 Å². The fraction of sp³-hybridized carbons (Fsp3) is 0.211. The Labute approximate surface area is 150 Å². The highest BCUT2D eigenvalue weighted by Gasteiger charge is 2.39. The van der Waals surface area contributed by atoms with Crippen molar-refractivity contribution in [3.8, 4) is 5.75 Å². The van der Waals surface area contributed by atoms with Gasteiger partial charge in [0.25, 0.3) is 11.8 Å². The average molecular weight is 353 g/mol. The number of carbonyl (C=O) groups is 3. The van der Waals surface area contributed by atoms with Crippen LogP contribution in [0.15, 0.2) is 48.5 Å². The van der Waals surface area contributed by atoms with E-state index < -0.39 is 11.8 Å². The number of nitrogens with one attached hydrogen (secondary N) is 3. The van der Waals surface area contributed by atoms with E-state index in [0.717, 1.165) is 6.42 Å². The molecule has 7 heteroatoms. The first-order valence-corrected chi connectivity index (χ1v) is 8.25. The second kappa shape index (κ2) is 7.26. The monoisotopic (exact) mass is 353 g/mol. The van der Waals surface area contributed by atoms with Gasteiger partial charge in [0.15, 0.2) is 0 Å². The minimum Gasteiger partial charge on any atom is -0.507 e. The Hall–Kier alpha value is -3.35. The van der Waals surface area contributed by atoms with E-state index in [0.29, 0.717) is 17.2 Å². The number of anilines is 1. The first kappa shape index (κ1) is 17.5. The predicted octanol–water partition coefficient (Wildman–Crippen LogP) is 2.06. The van der Waals surface area contributed by atoms with Gasteiger partial charge in [-0.2, -0.15) is 0 Å². The molecule has 2 atom stereocenters. The molecule has 3 rings (SSSR count). The van der Waals surface area contributed by atoms with Crippen LogP contribution in [0.3, 0.4) is 0 Å². The Balaban J connectivity index is 1.54. The number of hydrogen-bond acceptors (Lipinski definition) is 4. The molecular formula is C19H19N3O4. The highest BCUT2D eigenvalue weighted by Crippen LogP contribution is 2.38. The summed E-state index contributed by atoms with van der Waals surface area (Å²) >= 11 is 0. The molecule has 2 aromatic carbocycles. The third kappa shape index (κ3) is 4.00. The van der Waals surface area contributed by atoms with Gasteiger partial charge in [-0.15, -0.1) is 0 Å². The summed E-state index contributed by atoms with van der Waals surface area (Å²) in [6.07, 6.45) is 0.906. The van der Waals surface area contributed by atoms with Crippen molar-refractivity contribution in [2.75, 3.05) is 5.32 Å². The summed E-state index contributed by atoms with van der Waals surface area (Å²) in [5.74, 6) is -0.828. The summed E-state index contributed by atoms with van der Waals surface area (Å²) in [4.78, 5) is 35.9. The van der Waals surface area contributed by atoms with Gasteiger partial charge in [0.1, 0.15) is 5.75 Å². The molecule has 1 saturated carbocycles. The van der Waals surface area contributed by atoms with Gasteiger partial charge in [-0.1, -0.05) is 19.1 Å². The van der Waals surface area contributed by atoms with Gasteiger partial charge in [0.2, 0.25) is 5.91 Å². The van der Waals surface area contributed by atoms with E-state index in [1.54, 1.807) is 36.4 Å². The fourth-order valence-corrected chi connectivity index (χ4v) is 2.55. The van der Waals surface area contributed by atoms with Crippen molar-refractivity contribution in [2.45, 2.75) is 13.3 Å². The quantitative estimate of drug-likeness (QED) is 0.631. The third-order valence-corrected chi connectivity index (χ3v) is 4.30. The summed E-state index contributed by atoms with van der Waals surface area (Å²) in [7, 11) is 0. The molecule has 1 aliphatic rings. The lowest BCUT2D eigenvalue weighted by atomic mass is 10.2. The van der Waals surface area contributed by atoms with E-state index >= 15 is 0 Å². The van der Waals surface area contributed by atoms with E-state index in [2.05, 4.69) is 16.2 Å². The van der Waals surface area contributed by atoms with Gasteiger partial charge >= 0.3 is 0 Å². The number of aromatic hydroxyl groups is 1. The molecule has 2 aromatic rings. The smallest absolute Gasteiger partial charge is 0.273 e. The summed E-state index contributed by atoms with van der Waals surface area (Å²) in [5, 5.41) is 12.4. The number of phenols is 1. The van der Waals surface area contributed by atoms with Crippen LogP contribution in [0, 0.1) is 11.8 Å². The molecule has 0 aliphatic heterocycles. The first-order chi connectivity index (χ1) is 12.5. The van der Waals surface area contributed by atoms with Gasteiger partial charge in [-0.3, -0.25) is 25.2 Å². The Bertz CT molecular complexity index is 848. The second-order valence-electron chi connectivity index (χ2n) is 6.31. The van der Waals surface area contributed by atoms with Crippen molar-refractivity contribution in [1.29, 1.82) is 0 Å². The Kier molecular flexibility index (Phi) is 4.88. The maximum absolute atomic E-state index is 12.1. The molecule has 1 fully saturated rings. The standard InChI is InChI=1S/C19H19N3O4/c1-11-10-15(11)18(25)20-13-8-6-12(7-9-13)17(24)21-22-19(26)14-4-2-3-5-16(14)23/h2-9,11,15,23H,10H2,1H3,(H,20,25)(H,21,24)(H,22,26). The second-order valence-corrected chi connectivity index (χ2v) is 6.31. The maximum atomic E-state index is 12.1. The number of phenolic OH excluding ortho intramolecular Hbond substituents is 1. The first-order valence-electron chi connectivity index (χ1n) is 8.25. The lowest BCUT2D eigenvalue weighted by molar-refractivity contribution is -0.117. The minimum absolute atomic E-state index is 0.00960. The van der Waals surface area contributed by atoms with Crippen LogP contribution in [-0.4, -0.2) is 22.8 Å². The molecule has 0 saturated heterocycles. The highest BCUT2D eigenvalue weighted by atomic mass is 16.3. The van der Waals surface area contributed by atoms with Crippen LogP contribution in [0.4, 0.5) is 5.69 Å². The normalized spacial score (nSPS) is 17.9. The zero-order valence-corrected chi connectivity index (χ0v) is 14.2. The molecule has 1 aliphatic carbocycles. The van der Waals surface area contributed by atoms with Gasteiger partial charge in [0, 0.05) is 17.2 Å². The molecule has 0 aromatic heterocycles. The van der Waals surface area contributed by atoms with E-state index in [9.17, 15) is 19.5 Å². The molecule has 0 spiro atoms. The SMILES string of the molecule is CC1CC1C(=O)Nc1ccc(C(=O)NNC(=O)c2ccccc2O)cc1. The summed E-state index contributed by atoms with van der Waals surface area (Å²) < 4.78 is 0. The number of amides is 3. The summed E-state index contributed by atoms with van der Waals surface area (Å²) in [6, 6.07) is 12.4. The third-order valence-electron chi connectivity index (χ3n) is 4.30. The van der Waals surface area contributed by atoms with Crippen LogP contribution in [0.5, 0.6) is 5.75 Å². The van der Waals surface area contributed by atoms with Crippen molar-refractivity contribution in [2.24, 2.45) is 11.8 Å². The Morgan fingerprint density at radius 1 is 0.962 bits per heavy atom. The van der Waals surface area contributed by atoms with Crippen LogP contribution in [-0.2, 0) is 4.79 Å². The predicted molar refractivity (Wildman–Crippen MR) is 95.4 cm³/mol. The summed E-state index contributed by atoms with van der Waals surface area (Å²) in [5.41, 5.74) is 5.52. The van der Waals surface area contributed by atoms with Crippen LogP contribution in [0.25, 0.3) is 0 Å². The van der Waals surface area contributed by atoms with Crippen LogP contribution in [0.1, 0.15) is 34.1 Å². The van der Waals surface area contributed by atoms with E-state index in [4.69, 9.17) is 0 Å². The van der Waals surface area contributed by atoms with Crippen molar-refractivity contribution >= 4 is 23.4 Å². The number of rotatable bonds is 4. The average Bonchev–Trinajstić information content (AvgIpc) is 3.37. The fourth-order valence-electron chi connectivity index (χ4n) is 2.55. The van der Waals surface area contributed by atoms with Gasteiger partial charge < -0.3 is 10.4 Å². The Morgan fingerprint density at radius 3 is 2.19 bits per heavy atom. The van der Waals surface area contributed by atoms with Crippen LogP contribution < -0.4 is 16.2 Å². The maximum Gasteiger partial charge on any atom is 0.273 e. The zero-order chi connectivity index (χ0) is 18.7. The van der Waals surface area contributed by atoms with Crippen LogP contribution in [0.2, 0.25) is 0 Å². The number of hydrazine groups is 1. The van der Waals surface area contributed by atoms with Gasteiger partial charge in [-0.05, 0) is 48.7 Å². The highest BCUT2D eigenvalue weighted by molar-refractivity contribution is 6.00. The molecule has 2 unspecified atom stereocenters.